The van der Waals surface area contributed by atoms with Crippen molar-refractivity contribution in [2.24, 2.45) is 0 Å². The lowest BCUT2D eigenvalue weighted by atomic mass is 10.1. The molecule has 100 valence electrons. The van der Waals surface area contributed by atoms with Crippen molar-refractivity contribution < 1.29 is 14.1 Å². The van der Waals surface area contributed by atoms with Crippen molar-refractivity contribution in [3.63, 3.8) is 0 Å². The summed E-state index contributed by atoms with van der Waals surface area (Å²) in [4.78, 5) is 25.7. The molecule has 0 fully saturated rings. The third kappa shape index (κ3) is 2.58. The minimum atomic E-state index is -0.181. The van der Waals surface area contributed by atoms with Crippen molar-refractivity contribution in [2.75, 3.05) is 33.7 Å². The molecule has 0 saturated carbocycles. The molecular formula is C15H19N2O2+. The molecule has 0 unspecified atom stereocenters. The third-order valence-electron chi connectivity index (χ3n) is 3.43. The second-order valence-electron chi connectivity index (χ2n) is 5.44. The molecule has 0 aromatic heterocycles. The number of likely N-dealkylation sites (N-methyl/N-ethyl adjacent to an activating group) is 1. The molecule has 1 heterocycles. The van der Waals surface area contributed by atoms with Crippen molar-refractivity contribution in [2.45, 2.75) is 0 Å². The molecular weight excluding hydrogens is 240 g/mol. The van der Waals surface area contributed by atoms with Gasteiger partial charge in [-0.3, -0.25) is 14.5 Å². The summed E-state index contributed by atoms with van der Waals surface area (Å²) >= 11 is 0. The van der Waals surface area contributed by atoms with Gasteiger partial charge in [0.05, 0.1) is 44.9 Å². The van der Waals surface area contributed by atoms with E-state index in [9.17, 15) is 9.59 Å². The summed E-state index contributed by atoms with van der Waals surface area (Å²) in [5, 5.41) is 0. The first-order valence-corrected chi connectivity index (χ1v) is 6.34. The van der Waals surface area contributed by atoms with E-state index in [1.807, 2.05) is 6.08 Å². The van der Waals surface area contributed by atoms with Gasteiger partial charge in [-0.25, -0.2) is 0 Å². The molecule has 4 nitrogen and oxygen atoms in total. The fourth-order valence-corrected chi connectivity index (χ4v) is 2.25. The predicted octanol–water partition coefficient (Wildman–Crippen LogP) is 1.54. The standard InChI is InChI=1S/C15H19N2O2/c1-4-10-17(2,3)11-9-16-14(18)12-7-5-6-8-13(12)15(16)19/h4-8H,1,9-11H2,2-3H3/q+1. The Kier molecular flexibility index (Phi) is 3.53. The Bertz CT molecular complexity index is 500. The third-order valence-corrected chi connectivity index (χ3v) is 3.43. The van der Waals surface area contributed by atoms with E-state index in [-0.39, 0.29) is 11.8 Å². The molecule has 0 spiro atoms. The van der Waals surface area contributed by atoms with E-state index in [1.54, 1.807) is 24.3 Å². The highest BCUT2D eigenvalue weighted by Gasteiger charge is 2.35. The van der Waals surface area contributed by atoms with Crippen LogP contribution < -0.4 is 0 Å². The molecule has 0 aliphatic carbocycles. The maximum atomic E-state index is 12.2. The minimum Gasteiger partial charge on any atom is -0.324 e. The van der Waals surface area contributed by atoms with E-state index >= 15 is 0 Å². The van der Waals surface area contributed by atoms with E-state index in [2.05, 4.69) is 20.7 Å². The molecule has 0 N–H and O–H groups in total. The zero-order valence-electron chi connectivity index (χ0n) is 11.4. The molecule has 1 aliphatic heterocycles. The Morgan fingerprint density at radius 1 is 1.16 bits per heavy atom. The summed E-state index contributed by atoms with van der Waals surface area (Å²) in [6, 6.07) is 6.98. The van der Waals surface area contributed by atoms with Crippen molar-refractivity contribution in [3.8, 4) is 0 Å². The summed E-state index contributed by atoms with van der Waals surface area (Å²) in [5.41, 5.74) is 1.03. The number of carbonyl (C=O) groups excluding carboxylic acids is 2. The quantitative estimate of drug-likeness (QED) is 0.457. The molecule has 19 heavy (non-hydrogen) atoms. The molecule has 0 atom stereocenters. The maximum absolute atomic E-state index is 12.2. The first-order valence-electron chi connectivity index (χ1n) is 6.34. The van der Waals surface area contributed by atoms with Crippen LogP contribution in [0.3, 0.4) is 0 Å². The number of fused-ring (bicyclic) bond motifs is 1. The highest BCUT2D eigenvalue weighted by molar-refractivity contribution is 6.21. The number of nitrogens with zero attached hydrogens (tertiary/aromatic N) is 2. The maximum Gasteiger partial charge on any atom is 0.261 e. The highest BCUT2D eigenvalue weighted by Crippen LogP contribution is 2.22. The number of hydrogen-bond donors (Lipinski definition) is 0. The van der Waals surface area contributed by atoms with Gasteiger partial charge in [-0.1, -0.05) is 18.7 Å². The summed E-state index contributed by atoms with van der Waals surface area (Å²) in [6.45, 7) is 5.69. The molecule has 0 radical (unpaired) electrons. The number of imide groups is 1. The van der Waals surface area contributed by atoms with Gasteiger partial charge >= 0.3 is 0 Å². The van der Waals surface area contributed by atoms with Crippen LogP contribution in [-0.4, -0.2) is 54.9 Å². The first-order chi connectivity index (χ1) is 8.96. The molecule has 0 saturated heterocycles. The molecule has 4 heteroatoms. The van der Waals surface area contributed by atoms with E-state index in [0.717, 1.165) is 13.1 Å². The smallest absolute Gasteiger partial charge is 0.261 e. The molecule has 2 rings (SSSR count). The van der Waals surface area contributed by atoms with Gasteiger partial charge < -0.3 is 4.48 Å². The number of quaternary nitrogens is 1. The minimum absolute atomic E-state index is 0.181. The van der Waals surface area contributed by atoms with Crippen molar-refractivity contribution in [1.29, 1.82) is 0 Å². The number of benzene rings is 1. The SMILES string of the molecule is C=CC[N+](C)(C)CCN1C(=O)c2ccccc2C1=O. The van der Waals surface area contributed by atoms with Crippen LogP contribution in [0.1, 0.15) is 20.7 Å². The van der Waals surface area contributed by atoms with Gasteiger partial charge in [0.2, 0.25) is 0 Å². The first kappa shape index (κ1) is 13.5. The van der Waals surface area contributed by atoms with Crippen LogP contribution in [0, 0.1) is 0 Å². The Hall–Kier alpha value is -1.94. The van der Waals surface area contributed by atoms with E-state index in [1.165, 1.54) is 4.90 Å². The summed E-state index contributed by atoms with van der Waals surface area (Å²) in [7, 11) is 4.11. The number of carbonyl (C=O) groups is 2. The van der Waals surface area contributed by atoms with Gasteiger partial charge in [0.25, 0.3) is 11.8 Å². The zero-order valence-corrected chi connectivity index (χ0v) is 11.4. The van der Waals surface area contributed by atoms with Crippen LogP contribution in [-0.2, 0) is 0 Å². The average Bonchev–Trinajstić information content (AvgIpc) is 2.61. The number of hydrogen-bond acceptors (Lipinski definition) is 2. The van der Waals surface area contributed by atoms with E-state index in [0.29, 0.717) is 22.2 Å². The van der Waals surface area contributed by atoms with Crippen LogP contribution in [0.25, 0.3) is 0 Å². The van der Waals surface area contributed by atoms with Gasteiger partial charge in [0.15, 0.2) is 0 Å². The van der Waals surface area contributed by atoms with E-state index in [4.69, 9.17) is 0 Å². The van der Waals surface area contributed by atoms with Crippen molar-refractivity contribution in [1.82, 2.24) is 4.90 Å². The van der Waals surface area contributed by atoms with Crippen LogP contribution in [0.15, 0.2) is 36.9 Å². The van der Waals surface area contributed by atoms with Crippen LogP contribution in [0.5, 0.6) is 0 Å². The Labute approximate surface area is 113 Å². The number of rotatable bonds is 5. The molecule has 1 aliphatic rings. The fourth-order valence-electron chi connectivity index (χ4n) is 2.25. The lowest BCUT2D eigenvalue weighted by Gasteiger charge is -2.29. The molecule has 1 aromatic rings. The van der Waals surface area contributed by atoms with Gasteiger partial charge in [0, 0.05) is 0 Å². The summed E-state index contributed by atoms with van der Waals surface area (Å²) < 4.78 is 0.705. The Morgan fingerprint density at radius 3 is 2.16 bits per heavy atom. The normalized spacial score (nSPS) is 14.7. The summed E-state index contributed by atoms with van der Waals surface area (Å²) in [6.07, 6.45) is 1.85. The summed E-state index contributed by atoms with van der Waals surface area (Å²) in [5.74, 6) is -0.363. The Balaban J connectivity index is 2.11. The predicted molar refractivity (Wildman–Crippen MR) is 73.8 cm³/mol. The largest absolute Gasteiger partial charge is 0.324 e. The second kappa shape index (κ2) is 4.97. The topological polar surface area (TPSA) is 37.4 Å². The highest BCUT2D eigenvalue weighted by atomic mass is 16.2. The van der Waals surface area contributed by atoms with Crippen molar-refractivity contribution in [3.05, 3.63) is 48.0 Å². The lowest BCUT2D eigenvalue weighted by molar-refractivity contribution is -0.883. The van der Waals surface area contributed by atoms with Crippen molar-refractivity contribution >= 4 is 11.8 Å². The molecule has 1 aromatic carbocycles. The van der Waals surface area contributed by atoms with Gasteiger partial charge in [0.1, 0.15) is 0 Å². The molecule has 0 bridgehead atoms. The van der Waals surface area contributed by atoms with Gasteiger partial charge in [-0.15, -0.1) is 0 Å². The second-order valence-corrected chi connectivity index (χ2v) is 5.44. The number of amides is 2. The van der Waals surface area contributed by atoms with Gasteiger partial charge in [-0.2, -0.15) is 0 Å². The lowest BCUT2D eigenvalue weighted by Crippen LogP contribution is -2.46. The average molecular weight is 259 g/mol. The molecule has 2 amide bonds. The fraction of sp³-hybridized carbons (Fsp3) is 0.333. The Morgan fingerprint density at radius 2 is 1.68 bits per heavy atom. The van der Waals surface area contributed by atoms with Gasteiger partial charge in [-0.05, 0) is 18.2 Å². The monoisotopic (exact) mass is 259 g/mol. The van der Waals surface area contributed by atoms with Crippen LogP contribution in [0.2, 0.25) is 0 Å². The van der Waals surface area contributed by atoms with Crippen LogP contribution in [0.4, 0.5) is 0 Å². The van der Waals surface area contributed by atoms with E-state index < -0.39 is 0 Å². The zero-order chi connectivity index (χ0) is 14.0. The van der Waals surface area contributed by atoms with Crippen LogP contribution >= 0.6 is 0 Å².